The fourth-order valence-corrected chi connectivity index (χ4v) is 4.69. The second kappa shape index (κ2) is 9.62. The molecule has 0 fully saturated rings. The van der Waals surface area contributed by atoms with E-state index in [1.807, 2.05) is 54.2 Å². The van der Waals surface area contributed by atoms with Crippen LogP contribution in [0.3, 0.4) is 0 Å². The largest absolute Gasteiger partial charge is 0.465 e. The van der Waals surface area contributed by atoms with Crippen LogP contribution in [0.25, 0.3) is 11.1 Å². The Morgan fingerprint density at radius 1 is 1.26 bits per heavy atom. The molecule has 3 rings (SSSR count). The van der Waals surface area contributed by atoms with E-state index in [1.165, 1.54) is 18.4 Å². The van der Waals surface area contributed by atoms with Crippen molar-refractivity contribution in [3.8, 4) is 11.1 Å². The van der Waals surface area contributed by atoms with Crippen LogP contribution in [0.15, 0.2) is 48.8 Å². The number of anilines is 1. The second-order valence-corrected chi connectivity index (χ2v) is 9.97. The molecule has 2 heterocycles. The lowest BCUT2D eigenvalue weighted by Crippen LogP contribution is -2.48. The van der Waals surface area contributed by atoms with Gasteiger partial charge in [0.2, 0.25) is 0 Å². The number of nitrogens with zero attached hydrogens (tertiary/aromatic N) is 2. The maximum atomic E-state index is 12.7. The van der Waals surface area contributed by atoms with Gasteiger partial charge in [-0.3, -0.25) is 4.68 Å². The summed E-state index contributed by atoms with van der Waals surface area (Å²) in [6, 6.07) is 11.8. The molecule has 0 bridgehead atoms. The topological polar surface area (TPSA) is 68.2 Å². The van der Waals surface area contributed by atoms with Crippen molar-refractivity contribution >= 4 is 39.6 Å². The van der Waals surface area contributed by atoms with Gasteiger partial charge in [0.25, 0.3) is 0 Å². The normalized spacial score (nSPS) is 12.3. The highest BCUT2D eigenvalue weighted by atomic mass is 32.1. The molecule has 1 aromatic carbocycles. The first-order chi connectivity index (χ1) is 14.7. The van der Waals surface area contributed by atoms with Crippen molar-refractivity contribution in [1.82, 2.24) is 15.1 Å². The summed E-state index contributed by atoms with van der Waals surface area (Å²) in [5, 5.41) is 12.1. The Kier molecular flexibility index (Phi) is 7.12. The van der Waals surface area contributed by atoms with Crippen molar-refractivity contribution in [3.63, 3.8) is 0 Å². The van der Waals surface area contributed by atoms with E-state index in [4.69, 9.17) is 17.0 Å². The van der Waals surface area contributed by atoms with Gasteiger partial charge in [-0.05, 0) is 36.2 Å². The third-order valence-electron chi connectivity index (χ3n) is 5.04. The summed E-state index contributed by atoms with van der Waals surface area (Å²) in [5.74, 6) is -0.391. The van der Waals surface area contributed by atoms with Gasteiger partial charge in [-0.1, -0.05) is 51.1 Å². The predicted octanol–water partition coefficient (Wildman–Crippen LogP) is 5.11. The number of thiocarbonyl (C=S) groups is 1. The Bertz CT molecular complexity index is 1040. The van der Waals surface area contributed by atoms with E-state index in [9.17, 15) is 4.79 Å². The van der Waals surface area contributed by atoms with Crippen molar-refractivity contribution in [2.45, 2.75) is 40.3 Å². The third-order valence-corrected chi connectivity index (χ3v) is 6.28. The number of methoxy groups -OCH3 is 1. The molecule has 0 spiro atoms. The first-order valence-electron chi connectivity index (χ1n) is 10.0. The summed E-state index contributed by atoms with van der Waals surface area (Å²) in [5.41, 5.74) is 2.27. The highest BCUT2D eigenvalue weighted by Crippen LogP contribution is 2.40. The number of ether oxygens (including phenoxy) is 1. The predicted molar refractivity (Wildman–Crippen MR) is 131 cm³/mol. The van der Waals surface area contributed by atoms with E-state index >= 15 is 0 Å². The van der Waals surface area contributed by atoms with Gasteiger partial charge in [0.1, 0.15) is 10.6 Å². The van der Waals surface area contributed by atoms with Crippen LogP contribution in [-0.2, 0) is 11.3 Å². The molecule has 0 aliphatic carbocycles. The van der Waals surface area contributed by atoms with E-state index in [0.29, 0.717) is 22.2 Å². The van der Waals surface area contributed by atoms with Crippen LogP contribution in [-0.4, -0.2) is 34.0 Å². The highest BCUT2D eigenvalue weighted by Gasteiger charge is 2.28. The van der Waals surface area contributed by atoms with Crippen molar-refractivity contribution in [2.24, 2.45) is 5.41 Å². The Labute approximate surface area is 192 Å². The van der Waals surface area contributed by atoms with E-state index in [0.717, 1.165) is 16.0 Å². The lowest BCUT2D eigenvalue weighted by atomic mass is 9.87. The molecule has 2 aromatic heterocycles. The number of esters is 1. The van der Waals surface area contributed by atoms with Gasteiger partial charge in [-0.15, -0.1) is 11.3 Å². The van der Waals surface area contributed by atoms with E-state index in [1.54, 1.807) is 6.20 Å². The number of rotatable bonds is 6. The lowest BCUT2D eigenvalue weighted by molar-refractivity contribution is 0.0603. The number of nitrogens with one attached hydrogen (secondary N) is 2. The SMILES string of the molecule is COC(=O)c1c(NC(=S)NC(Cn2cccn2)C(C)(C)C)sc(C)c1-c1ccccc1. The fourth-order valence-electron chi connectivity index (χ4n) is 3.31. The molecule has 0 saturated heterocycles. The summed E-state index contributed by atoms with van der Waals surface area (Å²) >= 11 is 7.12. The minimum Gasteiger partial charge on any atom is -0.465 e. The fraction of sp³-hybridized carbons (Fsp3) is 0.348. The molecule has 0 saturated carbocycles. The van der Waals surface area contributed by atoms with Gasteiger partial charge in [0, 0.05) is 22.8 Å². The molecule has 3 aromatic rings. The zero-order valence-electron chi connectivity index (χ0n) is 18.4. The van der Waals surface area contributed by atoms with Crippen molar-refractivity contribution in [3.05, 3.63) is 59.2 Å². The van der Waals surface area contributed by atoms with Crippen molar-refractivity contribution in [1.29, 1.82) is 0 Å². The zero-order chi connectivity index (χ0) is 22.6. The van der Waals surface area contributed by atoms with Gasteiger partial charge < -0.3 is 15.4 Å². The molecule has 8 heteroatoms. The molecule has 2 N–H and O–H groups in total. The zero-order valence-corrected chi connectivity index (χ0v) is 20.1. The van der Waals surface area contributed by atoms with Gasteiger partial charge in [-0.25, -0.2) is 4.79 Å². The standard InChI is InChI=1S/C23H28N4O2S2/c1-15-18(16-10-7-6-8-11-16)19(21(28)29-5)20(31-15)26-22(30)25-17(23(2,3)4)14-27-13-9-12-24-27/h6-13,17H,14H2,1-5H3,(H2,25,26,30). The first-order valence-corrected chi connectivity index (χ1v) is 11.2. The number of thiophene rings is 1. The van der Waals surface area contributed by atoms with Crippen LogP contribution in [0.1, 0.15) is 36.0 Å². The van der Waals surface area contributed by atoms with Crippen LogP contribution < -0.4 is 10.6 Å². The summed E-state index contributed by atoms with van der Waals surface area (Å²) in [4.78, 5) is 13.7. The molecule has 1 atom stereocenters. The summed E-state index contributed by atoms with van der Waals surface area (Å²) in [7, 11) is 1.39. The Hall–Kier alpha value is -2.71. The van der Waals surface area contributed by atoms with E-state index < -0.39 is 5.97 Å². The number of hydrogen-bond acceptors (Lipinski definition) is 5. The average molecular weight is 457 g/mol. The van der Waals surface area contributed by atoms with Crippen molar-refractivity contribution < 1.29 is 9.53 Å². The number of carbonyl (C=O) groups is 1. The molecule has 0 aliphatic heterocycles. The van der Waals surface area contributed by atoms with Crippen LogP contribution in [0, 0.1) is 12.3 Å². The molecule has 1 unspecified atom stereocenters. The van der Waals surface area contributed by atoms with Crippen LogP contribution >= 0.6 is 23.6 Å². The maximum Gasteiger partial charge on any atom is 0.341 e. The second-order valence-electron chi connectivity index (χ2n) is 8.34. The minimum absolute atomic E-state index is 0.0311. The highest BCUT2D eigenvalue weighted by molar-refractivity contribution is 7.80. The third kappa shape index (κ3) is 5.51. The Morgan fingerprint density at radius 2 is 1.97 bits per heavy atom. The van der Waals surface area contributed by atoms with E-state index in [2.05, 4.69) is 36.5 Å². The molecule has 0 aliphatic rings. The Morgan fingerprint density at radius 3 is 2.55 bits per heavy atom. The average Bonchev–Trinajstić information content (AvgIpc) is 3.34. The first kappa shape index (κ1) is 23.0. The molecular formula is C23H28N4O2S2. The van der Waals surface area contributed by atoms with Crippen LogP contribution in [0.5, 0.6) is 0 Å². The smallest absolute Gasteiger partial charge is 0.341 e. The number of benzene rings is 1. The molecule has 31 heavy (non-hydrogen) atoms. The summed E-state index contributed by atoms with van der Waals surface area (Å²) in [6.07, 6.45) is 3.69. The maximum absolute atomic E-state index is 12.7. The number of carbonyl (C=O) groups excluding carboxylic acids is 1. The number of hydrogen-bond donors (Lipinski definition) is 2. The summed E-state index contributed by atoms with van der Waals surface area (Å²) < 4.78 is 6.98. The molecule has 0 amide bonds. The minimum atomic E-state index is -0.391. The van der Waals surface area contributed by atoms with E-state index in [-0.39, 0.29) is 11.5 Å². The lowest BCUT2D eigenvalue weighted by Gasteiger charge is -2.32. The molecule has 6 nitrogen and oxygen atoms in total. The quantitative estimate of drug-likeness (QED) is 0.397. The molecule has 164 valence electrons. The van der Waals surface area contributed by atoms with Crippen molar-refractivity contribution in [2.75, 3.05) is 12.4 Å². The van der Waals surface area contributed by atoms with Gasteiger partial charge in [-0.2, -0.15) is 5.10 Å². The number of aromatic nitrogens is 2. The monoisotopic (exact) mass is 456 g/mol. The molecule has 0 radical (unpaired) electrons. The van der Waals surface area contributed by atoms with Gasteiger partial charge >= 0.3 is 5.97 Å². The number of aryl methyl sites for hydroxylation is 1. The Balaban J connectivity index is 1.87. The van der Waals surface area contributed by atoms with Crippen LogP contribution in [0.4, 0.5) is 5.00 Å². The van der Waals surface area contributed by atoms with Gasteiger partial charge in [0.15, 0.2) is 5.11 Å². The van der Waals surface area contributed by atoms with Gasteiger partial charge in [0.05, 0.1) is 19.7 Å². The summed E-state index contributed by atoms with van der Waals surface area (Å²) in [6.45, 7) is 9.12. The van der Waals surface area contributed by atoms with Crippen LogP contribution in [0.2, 0.25) is 0 Å². The molecular weight excluding hydrogens is 428 g/mol.